The molecule has 1 fully saturated rings. The highest BCUT2D eigenvalue weighted by molar-refractivity contribution is 5.48. The monoisotopic (exact) mass is 293 g/mol. The SMILES string of the molecule is CCNc1nc(C(C)C)nc(OCC2CCOCC2)c1C. The largest absolute Gasteiger partial charge is 0.477 e. The molecule has 0 amide bonds. The Bertz CT molecular complexity index is 457. The Morgan fingerprint density at radius 3 is 2.62 bits per heavy atom. The molecule has 0 unspecified atom stereocenters. The highest BCUT2D eigenvalue weighted by atomic mass is 16.5. The van der Waals surface area contributed by atoms with Crippen LogP contribution in [0.4, 0.5) is 5.82 Å². The second kappa shape index (κ2) is 7.59. The van der Waals surface area contributed by atoms with Crippen molar-refractivity contribution < 1.29 is 9.47 Å². The second-order valence-corrected chi connectivity index (χ2v) is 5.91. The van der Waals surface area contributed by atoms with Crippen molar-refractivity contribution in [3.8, 4) is 5.88 Å². The van der Waals surface area contributed by atoms with Gasteiger partial charge in [-0.25, -0.2) is 4.98 Å². The van der Waals surface area contributed by atoms with Gasteiger partial charge >= 0.3 is 0 Å². The molecule has 1 saturated heterocycles. The summed E-state index contributed by atoms with van der Waals surface area (Å²) >= 11 is 0. The number of aromatic nitrogens is 2. The molecule has 0 saturated carbocycles. The van der Waals surface area contributed by atoms with Gasteiger partial charge in [-0.3, -0.25) is 0 Å². The minimum atomic E-state index is 0.286. The van der Waals surface area contributed by atoms with Crippen molar-refractivity contribution in [1.29, 1.82) is 0 Å². The fraction of sp³-hybridized carbons (Fsp3) is 0.750. The summed E-state index contributed by atoms with van der Waals surface area (Å²) in [5.41, 5.74) is 0.994. The molecule has 2 heterocycles. The Labute approximate surface area is 127 Å². The van der Waals surface area contributed by atoms with Crippen LogP contribution in [0, 0.1) is 12.8 Å². The molecule has 1 N–H and O–H groups in total. The van der Waals surface area contributed by atoms with Crippen molar-refractivity contribution in [2.45, 2.75) is 46.5 Å². The Morgan fingerprint density at radius 1 is 1.29 bits per heavy atom. The standard InChI is InChI=1S/C16H27N3O2/c1-5-17-15-12(4)16(19-14(18-15)11(2)3)21-10-13-6-8-20-9-7-13/h11,13H,5-10H2,1-4H3,(H,17,18,19). The lowest BCUT2D eigenvalue weighted by molar-refractivity contribution is 0.0488. The number of anilines is 1. The van der Waals surface area contributed by atoms with Crippen LogP contribution in [0.5, 0.6) is 5.88 Å². The van der Waals surface area contributed by atoms with E-state index in [-0.39, 0.29) is 5.92 Å². The number of nitrogens with zero attached hydrogens (tertiary/aromatic N) is 2. The van der Waals surface area contributed by atoms with Gasteiger partial charge in [-0.15, -0.1) is 0 Å². The maximum absolute atomic E-state index is 6.01. The van der Waals surface area contributed by atoms with Crippen molar-refractivity contribution in [1.82, 2.24) is 9.97 Å². The topological polar surface area (TPSA) is 56.3 Å². The lowest BCUT2D eigenvalue weighted by atomic mass is 10.0. The summed E-state index contributed by atoms with van der Waals surface area (Å²) in [6, 6.07) is 0. The van der Waals surface area contributed by atoms with E-state index in [4.69, 9.17) is 9.47 Å². The van der Waals surface area contributed by atoms with E-state index < -0.39 is 0 Å². The molecule has 5 nitrogen and oxygen atoms in total. The maximum atomic E-state index is 6.01. The van der Waals surface area contributed by atoms with Crippen LogP contribution in [-0.2, 0) is 4.74 Å². The lowest BCUT2D eigenvalue weighted by Gasteiger charge is -2.23. The quantitative estimate of drug-likeness (QED) is 0.873. The van der Waals surface area contributed by atoms with Gasteiger partial charge in [0.05, 0.1) is 12.2 Å². The van der Waals surface area contributed by atoms with Crippen molar-refractivity contribution in [3.05, 3.63) is 11.4 Å². The van der Waals surface area contributed by atoms with Gasteiger partial charge in [0.15, 0.2) is 0 Å². The first-order valence-electron chi connectivity index (χ1n) is 7.94. The van der Waals surface area contributed by atoms with E-state index in [9.17, 15) is 0 Å². The first-order chi connectivity index (χ1) is 10.1. The lowest BCUT2D eigenvalue weighted by Crippen LogP contribution is -2.22. The molecule has 0 aliphatic carbocycles. The van der Waals surface area contributed by atoms with E-state index >= 15 is 0 Å². The average molecular weight is 293 g/mol. The number of ether oxygens (including phenoxy) is 2. The molecule has 0 radical (unpaired) electrons. The molecule has 0 atom stereocenters. The van der Waals surface area contributed by atoms with E-state index in [1.807, 2.05) is 6.92 Å². The van der Waals surface area contributed by atoms with Gasteiger partial charge < -0.3 is 14.8 Å². The summed E-state index contributed by atoms with van der Waals surface area (Å²) in [5.74, 6) is 3.29. The van der Waals surface area contributed by atoms with Crippen molar-refractivity contribution in [3.63, 3.8) is 0 Å². The predicted octanol–water partition coefficient (Wildman–Crippen LogP) is 3.15. The summed E-state index contributed by atoms with van der Waals surface area (Å²) in [4.78, 5) is 9.19. The highest BCUT2D eigenvalue weighted by Gasteiger charge is 2.18. The Morgan fingerprint density at radius 2 is 2.00 bits per heavy atom. The van der Waals surface area contributed by atoms with Gasteiger partial charge in [0.25, 0.3) is 0 Å². The molecule has 0 bridgehead atoms. The van der Waals surface area contributed by atoms with Crippen LogP contribution in [0.3, 0.4) is 0 Å². The third-order valence-electron chi connectivity index (χ3n) is 3.78. The van der Waals surface area contributed by atoms with Gasteiger partial charge in [0.2, 0.25) is 5.88 Å². The summed E-state index contributed by atoms with van der Waals surface area (Å²) in [5, 5.41) is 3.30. The Kier molecular flexibility index (Phi) is 5.79. The molecular weight excluding hydrogens is 266 g/mol. The fourth-order valence-corrected chi connectivity index (χ4v) is 2.36. The smallest absolute Gasteiger partial charge is 0.221 e. The summed E-state index contributed by atoms with van der Waals surface area (Å²) in [7, 11) is 0. The van der Waals surface area contributed by atoms with E-state index in [1.165, 1.54) is 0 Å². The van der Waals surface area contributed by atoms with E-state index in [1.54, 1.807) is 0 Å². The molecule has 1 aliphatic rings. The predicted molar refractivity (Wildman–Crippen MR) is 84.1 cm³/mol. The second-order valence-electron chi connectivity index (χ2n) is 5.91. The van der Waals surface area contributed by atoms with Crippen LogP contribution < -0.4 is 10.1 Å². The van der Waals surface area contributed by atoms with E-state index in [2.05, 4.69) is 36.1 Å². The summed E-state index contributed by atoms with van der Waals surface area (Å²) < 4.78 is 11.4. The zero-order chi connectivity index (χ0) is 15.2. The molecule has 0 spiro atoms. The van der Waals surface area contributed by atoms with Gasteiger partial charge in [-0.2, -0.15) is 4.98 Å². The minimum absolute atomic E-state index is 0.286. The molecule has 118 valence electrons. The highest BCUT2D eigenvalue weighted by Crippen LogP contribution is 2.26. The summed E-state index contributed by atoms with van der Waals surface area (Å²) in [6.45, 7) is 11.5. The van der Waals surface area contributed by atoms with Crippen LogP contribution in [-0.4, -0.2) is 36.3 Å². The summed E-state index contributed by atoms with van der Waals surface area (Å²) in [6.07, 6.45) is 2.14. The number of rotatable bonds is 6. The Balaban J connectivity index is 2.12. The van der Waals surface area contributed by atoms with Gasteiger partial charge in [-0.1, -0.05) is 13.8 Å². The molecular formula is C16H27N3O2. The third-order valence-corrected chi connectivity index (χ3v) is 3.78. The van der Waals surface area contributed by atoms with Crippen LogP contribution >= 0.6 is 0 Å². The van der Waals surface area contributed by atoms with Crippen molar-refractivity contribution in [2.24, 2.45) is 5.92 Å². The van der Waals surface area contributed by atoms with Crippen LogP contribution in [0.25, 0.3) is 0 Å². The average Bonchev–Trinajstić information content (AvgIpc) is 2.49. The van der Waals surface area contributed by atoms with Crippen LogP contribution in [0.15, 0.2) is 0 Å². The number of hydrogen-bond acceptors (Lipinski definition) is 5. The first-order valence-corrected chi connectivity index (χ1v) is 7.94. The number of nitrogens with one attached hydrogen (secondary N) is 1. The molecule has 21 heavy (non-hydrogen) atoms. The van der Waals surface area contributed by atoms with E-state index in [0.717, 1.165) is 55.7 Å². The normalized spacial score (nSPS) is 16.2. The first kappa shape index (κ1) is 16.0. The fourth-order valence-electron chi connectivity index (χ4n) is 2.36. The Hall–Kier alpha value is -1.36. The molecule has 0 aromatic carbocycles. The van der Waals surface area contributed by atoms with Crippen LogP contribution in [0.2, 0.25) is 0 Å². The van der Waals surface area contributed by atoms with Gasteiger partial charge in [-0.05, 0) is 32.6 Å². The van der Waals surface area contributed by atoms with Gasteiger partial charge in [0.1, 0.15) is 11.6 Å². The third kappa shape index (κ3) is 4.30. The number of hydrogen-bond donors (Lipinski definition) is 1. The zero-order valence-electron chi connectivity index (χ0n) is 13.6. The molecule has 2 rings (SSSR count). The minimum Gasteiger partial charge on any atom is -0.477 e. The van der Waals surface area contributed by atoms with Crippen molar-refractivity contribution in [2.75, 3.05) is 31.7 Å². The van der Waals surface area contributed by atoms with Gasteiger partial charge in [0, 0.05) is 25.7 Å². The zero-order valence-corrected chi connectivity index (χ0v) is 13.6. The molecule has 1 aliphatic heterocycles. The maximum Gasteiger partial charge on any atom is 0.221 e. The molecule has 1 aromatic heterocycles. The van der Waals surface area contributed by atoms with Crippen molar-refractivity contribution >= 4 is 5.82 Å². The molecule has 1 aromatic rings. The van der Waals surface area contributed by atoms with Crippen LogP contribution in [0.1, 0.15) is 50.9 Å². The molecule has 5 heteroatoms. The van der Waals surface area contributed by atoms with E-state index in [0.29, 0.717) is 12.5 Å².